The smallest absolute Gasteiger partial charge is 0.253 e. The zero-order valence-electron chi connectivity index (χ0n) is 19.8. The molecule has 0 radical (unpaired) electrons. The predicted octanol–water partition coefficient (Wildman–Crippen LogP) is 3.27. The molecule has 2 aromatic carbocycles. The van der Waals surface area contributed by atoms with Gasteiger partial charge < -0.3 is 19.4 Å². The first kappa shape index (κ1) is 23.8. The lowest BCUT2D eigenvalue weighted by Gasteiger charge is -2.31. The molecule has 0 aliphatic carbocycles. The number of nitrogens with zero attached hydrogens (tertiary/aromatic N) is 3. The van der Waals surface area contributed by atoms with Crippen LogP contribution in [0.1, 0.15) is 46.1 Å². The SMILES string of the molecule is C=C/C=c1/nc(C2CCN(C(=O)c3ccc(OCc4ccc(C#N)cc4)c(OC)c3)CC2)[nH]c1=C. The Hall–Kier alpha value is -4.31. The average Bonchev–Trinajstić information content (AvgIpc) is 3.27. The molecule has 1 amide bonds. The van der Waals surface area contributed by atoms with Crippen molar-refractivity contribution in [1.82, 2.24) is 14.9 Å². The van der Waals surface area contributed by atoms with Crippen LogP contribution in [0, 0.1) is 11.3 Å². The van der Waals surface area contributed by atoms with Gasteiger partial charge >= 0.3 is 0 Å². The Morgan fingerprint density at radius 3 is 2.63 bits per heavy atom. The van der Waals surface area contributed by atoms with E-state index in [4.69, 9.17) is 14.7 Å². The molecule has 0 bridgehead atoms. The van der Waals surface area contributed by atoms with Crippen molar-refractivity contribution in [2.45, 2.75) is 25.4 Å². The van der Waals surface area contributed by atoms with Crippen molar-refractivity contribution in [2.24, 2.45) is 0 Å². The number of methoxy groups -OCH3 is 1. The van der Waals surface area contributed by atoms with Crippen LogP contribution in [-0.2, 0) is 6.61 Å². The highest BCUT2D eigenvalue weighted by Gasteiger charge is 2.26. The highest BCUT2D eigenvalue weighted by Crippen LogP contribution is 2.31. The van der Waals surface area contributed by atoms with Crippen molar-refractivity contribution >= 4 is 18.6 Å². The van der Waals surface area contributed by atoms with Crippen molar-refractivity contribution in [1.29, 1.82) is 5.26 Å². The van der Waals surface area contributed by atoms with Gasteiger partial charge in [-0.1, -0.05) is 31.4 Å². The Morgan fingerprint density at radius 2 is 1.97 bits per heavy atom. The predicted molar refractivity (Wildman–Crippen MR) is 134 cm³/mol. The molecule has 1 N–H and O–H groups in total. The molecule has 1 fully saturated rings. The molecule has 7 heteroatoms. The van der Waals surface area contributed by atoms with E-state index in [9.17, 15) is 4.79 Å². The molecule has 4 rings (SSSR count). The first-order valence-corrected chi connectivity index (χ1v) is 11.5. The van der Waals surface area contributed by atoms with Crippen LogP contribution in [0.2, 0.25) is 0 Å². The molecule has 3 aromatic rings. The van der Waals surface area contributed by atoms with Gasteiger partial charge in [0.2, 0.25) is 0 Å². The molecule has 1 saturated heterocycles. The van der Waals surface area contributed by atoms with Gasteiger partial charge in [-0.15, -0.1) is 0 Å². The molecule has 178 valence electrons. The van der Waals surface area contributed by atoms with E-state index >= 15 is 0 Å². The molecular weight excluding hydrogens is 440 g/mol. The first-order valence-electron chi connectivity index (χ1n) is 11.5. The Morgan fingerprint density at radius 1 is 1.23 bits per heavy atom. The number of amides is 1. The number of aromatic amines is 1. The van der Waals surface area contributed by atoms with Gasteiger partial charge in [-0.25, -0.2) is 4.98 Å². The van der Waals surface area contributed by atoms with Gasteiger partial charge in [0.25, 0.3) is 5.91 Å². The molecule has 0 spiro atoms. The molecule has 1 aromatic heterocycles. The largest absolute Gasteiger partial charge is 0.493 e. The fourth-order valence-corrected chi connectivity index (χ4v) is 4.18. The third kappa shape index (κ3) is 5.44. The topological polar surface area (TPSA) is 91.2 Å². The maximum atomic E-state index is 13.2. The second kappa shape index (κ2) is 10.7. The summed E-state index contributed by atoms with van der Waals surface area (Å²) in [6, 6.07) is 14.6. The summed E-state index contributed by atoms with van der Waals surface area (Å²) in [6.45, 7) is 9.35. The number of rotatable bonds is 7. The van der Waals surface area contributed by atoms with Gasteiger partial charge in [0.15, 0.2) is 11.5 Å². The highest BCUT2D eigenvalue weighted by atomic mass is 16.5. The third-order valence-electron chi connectivity index (χ3n) is 6.16. The van der Waals surface area contributed by atoms with Gasteiger partial charge in [-0.05, 0) is 54.8 Å². The Balaban J connectivity index is 1.39. The fourth-order valence-electron chi connectivity index (χ4n) is 4.18. The molecule has 35 heavy (non-hydrogen) atoms. The number of likely N-dealkylation sites (tertiary alicyclic amines) is 1. The van der Waals surface area contributed by atoms with Crippen LogP contribution in [0.3, 0.4) is 0 Å². The second-order valence-electron chi connectivity index (χ2n) is 8.42. The second-order valence-corrected chi connectivity index (χ2v) is 8.42. The van der Waals surface area contributed by atoms with Gasteiger partial charge in [-0.2, -0.15) is 5.26 Å². The lowest BCUT2D eigenvalue weighted by Crippen LogP contribution is -2.38. The number of ether oxygens (including phenoxy) is 2. The normalized spacial score (nSPS) is 14.4. The minimum Gasteiger partial charge on any atom is -0.493 e. The summed E-state index contributed by atoms with van der Waals surface area (Å²) < 4.78 is 11.4. The minimum absolute atomic E-state index is 0.0293. The maximum absolute atomic E-state index is 13.2. The number of carbonyl (C=O) groups excluding carboxylic acids is 1. The number of aromatic nitrogens is 2. The Labute approximate surface area is 204 Å². The zero-order chi connectivity index (χ0) is 24.8. The van der Waals surface area contributed by atoms with Crippen LogP contribution < -0.4 is 20.2 Å². The van der Waals surface area contributed by atoms with Gasteiger partial charge in [0.05, 0.1) is 29.4 Å². The number of imidazole rings is 1. The average molecular weight is 469 g/mol. The third-order valence-corrected chi connectivity index (χ3v) is 6.16. The molecule has 7 nitrogen and oxygen atoms in total. The van der Waals surface area contributed by atoms with Crippen molar-refractivity contribution in [2.75, 3.05) is 20.2 Å². The number of nitrogens with one attached hydrogen (secondary N) is 1. The number of carbonyl (C=O) groups is 1. The van der Waals surface area contributed by atoms with E-state index in [-0.39, 0.29) is 11.8 Å². The molecule has 0 unspecified atom stereocenters. The summed E-state index contributed by atoms with van der Waals surface area (Å²) in [7, 11) is 1.56. The van der Waals surface area contributed by atoms with E-state index in [0.29, 0.717) is 42.3 Å². The summed E-state index contributed by atoms with van der Waals surface area (Å²) in [6.07, 6.45) is 5.20. The zero-order valence-corrected chi connectivity index (χ0v) is 19.8. The summed E-state index contributed by atoms with van der Waals surface area (Å²) >= 11 is 0. The lowest BCUT2D eigenvalue weighted by molar-refractivity contribution is 0.0710. The number of H-pyrrole nitrogens is 1. The monoisotopic (exact) mass is 468 g/mol. The number of nitriles is 1. The number of hydrogen-bond donors (Lipinski definition) is 1. The molecule has 1 aliphatic rings. The van der Waals surface area contributed by atoms with Gasteiger partial charge in [-0.3, -0.25) is 4.79 Å². The Bertz CT molecular complexity index is 1360. The van der Waals surface area contributed by atoms with E-state index in [1.807, 2.05) is 23.1 Å². The maximum Gasteiger partial charge on any atom is 0.253 e. The summed E-state index contributed by atoms with van der Waals surface area (Å²) in [4.78, 5) is 22.9. The van der Waals surface area contributed by atoms with Crippen molar-refractivity contribution in [3.63, 3.8) is 0 Å². The molecule has 0 atom stereocenters. The first-order chi connectivity index (χ1) is 17.0. The summed E-state index contributed by atoms with van der Waals surface area (Å²) in [5, 5.41) is 10.5. The van der Waals surface area contributed by atoms with E-state index in [1.54, 1.807) is 43.5 Å². The van der Waals surface area contributed by atoms with Crippen LogP contribution in [0.25, 0.3) is 12.7 Å². The van der Waals surface area contributed by atoms with Gasteiger partial charge in [0.1, 0.15) is 12.4 Å². The van der Waals surface area contributed by atoms with Crippen LogP contribution >= 0.6 is 0 Å². The van der Waals surface area contributed by atoms with E-state index in [0.717, 1.165) is 34.9 Å². The minimum atomic E-state index is -0.0293. The van der Waals surface area contributed by atoms with Crippen LogP contribution in [0.4, 0.5) is 0 Å². The Kier molecular flexibility index (Phi) is 7.32. The quantitative estimate of drug-likeness (QED) is 0.575. The standard InChI is InChI=1S/C28H28N4O3/c1-4-5-24-19(2)30-27(31-24)22-12-14-32(15-13-22)28(33)23-10-11-25(26(16-23)34-3)35-18-21-8-6-20(17-29)7-9-21/h4-11,16,22H,1-2,12-15,18H2,3H3,(H,30,31)/b24-5+. The van der Waals surface area contributed by atoms with Crippen molar-refractivity contribution < 1.29 is 14.3 Å². The fraction of sp³-hybridized carbons (Fsp3) is 0.250. The van der Waals surface area contributed by atoms with Gasteiger partial charge in [0, 0.05) is 24.6 Å². The number of piperidine rings is 1. The summed E-state index contributed by atoms with van der Waals surface area (Å²) in [5.74, 6) is 2.21. The van der Waals surface area contributed by atoms with E-state index in [1.165, 1.54) is 0 Å². The van der Waals surface area contributed by atoms with E-state index < -0.39 is 0 Å². The van der Waals surface area contributed by atoms with Crippen LogP contribution in [0.5, 0.6) is 11.5 Å². The number of hydrogen-bond acceptors (Lipinski definition) is 5. The lowest BCUT2D eigenvalue weighted by atomic mass is 9.95. The van der Waals surface area contributed by atoms with E-state index in [2.05, 4.69) is 29.2 Å². The molecule has 0 saturated carbocycles. The number of allylic oxidation sites excluding steroid dienone is 1. The van der Waals surface area contributed by atoms with Crippen molar-refractivity contribution in [3.05, 3.63) is 88.3 Å². The molecular formula is C28H28N4O3. The number of benzene rings is 2. The van der Waals surface area contributed by atoms with Crippen molar-refractivity contribution in [3.8, 4) is 17.6 Å². The highest BCUT2D eigenvalue weighted by molar-refractivity contribution is 5.95. The van der Waals surface area contributed by atoms with Crippen LogP contribution in [-0.4, -0.2) is 41.0 Å². The summed E-state index contributed by atoms with van der Waals surface area (Å²) in [5.41, 5.74) is 2.10. The molecule has 1 aliphatic heterocycles. The molecule has 2 heterocycles. The van der Waals surface area contributed by atoms with Crippen LogP contribution in [0.15, 0.2) is 55.1 Å².